The SMILES string of the molecule is COC(C)Oc1ccc(C[SiH2]C)cc1.COCOc1ccc(C[SiH2]C)cc1.C[SiH2]Cc1ccc(OC(=O)OC(C)(C)C)cc1.C[SiH2]Cc1ccc(OC(C)=O)cc1.C[SiH2]Cc1ccc(OC2CCCCO2)cc1. The van der Waals surface area contributed by atoms with Gasteiger partial charge in [0, 0.05) is 75.2 Å². The smallest absolute Gasteiger partial charge is 0.468 e. The highest BCUT2D eigenvalue weighted by Crippen LogP contribution is 2.21. The minimum absolute atomic E-state index is 0.0260. The molecule has 5 aromatic carbocycles. The molecule has 1 aliphatic heterocycles. The molecule has 0 N–H and O–H groups in total. The second-order valence-corrected chi connectivity index (χ2v) is 26.0. The van der Waals surface area contributed by atoms with Gasteiger partial charge in [-0.3, -0.25) is 4.79 Å². The molecule has 0 radical (unpaired) electrons. The highest BCUT2D eigenvalue weighted by molar-refractivity contribution is 6.34. The van der Waals surface area contributed by atoms with Gasteiger partial charge in [0.05, 0.1) is 6.61 Å². The summed E-state index contributed by atoms with van der Waals surface area (Å²) in [5, 5.41) is 0. The standard InChI is InChI=1S/C13H20O3Si.C13H20O2Si.C11H18O2Si.C10H16O2Si.C10H14O2Si/c1-13(2,3)16-12(14)15-11-7-5-10(6-8-11)9-17-4;1-16-10-11-5-7-12(8-6-11)15-13-4-2-3-9-14-13;1-9(12-2)13-11-6-4-10(5-7-11)8-14-3;1-11-8-12-10-5-3-9(4-6-10)7-13-2;1-8(11)12-10-5-3-9(4-6-10)7-13-2/h5-8H,9,17H2,1-4H3;5-8,13H,2-4,9-10,16H2,1H3;4-7,9H,8,14H2,1-3H3;3-6H,7-8,13H2,1-2H3;3-6H,7,13H2,1-2H3. The summed E-state index contributed by atoms with van der Waals surface area (Å²) in [5.74, 6) is 3.59. The fourth-order valence-electron chi connectivity index (χ4n) is 6.97. The third-order valence-corrected chi connectivity index (χ3v) is 15.9. The second kappa shape index (κ2) is 38.7. The van der Waals surface area contributed by atoms with E-state index in [-0.39, 0.29) is 66.1 Å². The lowest BCUT2D eigenvalue weighted by Gasteiger charge is -2.23. The summed E-state index contributed by atoms with van der Waals surface area (Å²) >= 11 is 0. The molecule has 1 aliphatic rings. The zero-order chi connectivity index (χ0) is 53.7. The van der Waals surface area contributed by atoms with Crippen molar-refractivity contribution >= 4 is 59.7 Å². The van der Waals surface area contributed by atoms with Crippen molar-refractivity contribution in [1.82, 2.24) is 0 Å². The minimum atomic E-state index is -0.657. The molecule has 5 aromatic rings. The first-order valence-electron chi connectivity index (χ1n) is 26.3. The summed E-state index contributed by atoms with van der Waals surface area (Å²) in [6.07, 6.45) is 2.53. The van der Waals surface area contributed by atoms with Crippen LogP contribution in [0.15, 0.2) is 121 Å². The molecule has 0 aromatic heterocycles. The molecular formula is C57H88O11Si5. The predicted molar refractivity (Wildman–Crippen MR) is 315 cm³/mol. The van der Waals surface area contributed by atoms with Crippen LogP contribution in [0.25, 0.3) is 0 Å². The Labute approximate surface area is 450 Å². The summed E-state index contributed by atoms with van der Waals surface area (Å²) in [6.45, 7) is 21.4. The van der Waals surface area contributed by atoms with Crippen molar-refractivity contribution in [3.8, 4) is 28.7 Å². The highest BCUT2D eigenvalue weighted by atomic mass is 28.2. The van der Waals surface area contributed by atoms with E-state index in [0.717, 1.165) is 30.3 Å². The molecule has 0 spiro atoms. The van der Waals surface area contributed by atoms with E-state index in [4.69, 9.17) is 42.6 Å². The summed E-state index contributed by atoms with van der Waals surface area (Å²) in [4.78, 5) is 22.0. The fourth-order valence-corrected chi connectivity index (χ4v) is 11.5. The number of hydrogen-bond acceptors (Lipinski definition) is 11. The van der Waals surface area contributed by atoms with Crippen molar-refractivity contribution in [2.24, 2.45) is 0 Å². The second-order valence-electron chi connectivity index (χ2n) is 18.5. The van der Waals surface area contributed by atoms with Crippen molar-refractivity contribution in [3.05, 3.63) is 149 Å². The number of carbonyl (C=O) groups is 2. The number of esters is 1. The van der Waals surface area contributed by atoms with Gasteiger partial charge < -0.3 is 42.6 Å². The van der Waals surface area contributed by atoms with Crippen molar-refractivity contribution < 1.29 is 52.2 Å². The quantitative estimate of drug-likeness (QED) is 0.0244. The molecule has 73 heavy (non-hydrogen) atoms. The van der Waals surface area contributed by atoms with Gasteiger partial charge in [0.25, 0.3) is 0 Å². The number of benzene rings is 5. The molecule has 1 heterocycles. The molecule has 0 amide bonds. The van der Waals surface area contributed by atoms with E-state index in [2.05, 4.69) is 81.3 Å². The van der Waals surface area contributed by atoms with E-state index in [1.54, 1.807) is 14.2 Å². The Morgan fingerprint density at radius 2 is 0.945 bits per heavy atom. The molecule has 11 nitrogen and oxygen atoms in total. The Bertz CT molecular complexity index is 2170. The number of methoxy groups -OCH3 is 2. The summed E-state index contributed by atoms with van der Waals surface area (Å²) < 4.78 is 47.0. The molecule has 1 fully saturated rings. The van der Waals surface area contributed by atoms with Crippen LogP contribution in [0.4, 0.5) is 4.79 Å². The third kappa shape index (κ3) is 31.5. The Hall–Kier alpha value is -4.80. The fraction of sp³-hybridized carbons (Fsp3) is 0.439. The molecule has 16 heteroatoms. The molecule has 0 bridgehead atoms. The van der Waals surface area contributed by atoms with Crippen molar-refractivity contribution in [3.63, 3.8) is 0 Å². The van der Waals surface area contributed by atoms with Crippen molar-refractivity contribution in [2.45, 2.75) is 135 Å². The van der Waals surface area contributed by atoms with E-state index in [1.807, 2.05) is 100 Å². The summed E-state index contributed by atoms with van der Waals surface area (Å²) in [7, 11) is 3.71. The van der Waals surface area contributed by atoms with Crippen LogP contribution in [0.5, 0.6) is 28.7 Å². The molecular weight excluding hydrogens is 1000 g/mol. The zero-order valence-corrected chi connectivity index (χ0v) is 53.4. The maximum atomic E-state index is 11.4. The molecule has 0 saturated carbocycles. The van der Waals surface area contributed by atoms with E-state index < -0.39 is 11.8 Å². The molecule has 2 atom stereocenters. The zero-order valence-electron chi connectivity index (χ0n) is 46.3. The lowest BCUT2D eigenvalue weighted by Crippen LogP contribution is -2.25. The van der Waals surface area contributed by atoms with E-state index >= 15 is 0 Å². The maximum absolute atomic E-state index is 11.4. The van der Waals surface area contributed by atoms with Gasteiger partial charge in [-0.25, -0.2) is 4.79 Å². The predicted octanol–water partition coefficient (Wildman–Crippen LogP) is 9.52. The van der Waals surface area contributed by atoms with Crippen molar-refractivity contribution in [2.75, 3.05) is 27.6 Å². The van der Waals surface area contributed by atoms with E-state index in [1.165, 1.54) is 77.8 Å². The molecule has 1 saturated heterocycles. The van der Waals surface area contributed by atoms with Crippen LogP contribution in [0.1, 0.15) is 81.7 Å². The average Bonchev–Trinajstić information content (AvgIpc) is 3.37. The Kier molecular flexibility index (Phi) is 34.1. The molecule has 402 valence electrons. The van der Waals surface area contributed by atoms with E-state index in [0.29, 0.717) is 18.3 Å². The van der Waals surface area contributed by atoms with Crippen LogP contribution < -0.4 is 23.7 Å². The highest BCUT2D eigenvalue weighted by Gasteiger charge is 2.18. The summed E-state index contributed by atoms with van der Waals surface area (Å²) in [5.41, 5.74) is 6.38. The first kappa shape index (κ1) is 64.3. The van der Waals surface area contributed by atoms with Gasteiger partial charge in [-0.05, 0) is 131 Å². The van der Waals surface area contributed by atoms with Gasteiger partial charge in [-0.1, -0.05) is 121 Å². The van der Waals surface area contributed by atoms with Gasteiger partial charge in [-0.15, -0.1) is 0 Å². The number of carbonyl (C=O) groups excluding carboxylic acids is 2. The van der Waals surface area contributed by atoms with E-state index in [9.17, 15) is 9.59 Å². The molecule has 6 rings (SSSR count). The normalized spacial score (nSPS) is 13.8. The minimum Gasteiger partial charge on any atom is -0.468 e. The number of rotatable bonds is 20. The number of hydrogen-bond donors (Lipinski definition) is 0. The molecule has 0 aliphatic carbocycles. The Morgan fingerprint density at radius 3 is 1.29 bits per heavy atom. The van der Waals surface area contributed by atoms with Crippen LogP contribution in [0, 0.1) is 0 Å². The van der Waals surface area contributed by atoms with Crippen LogP contribution in [-0.2, 0) is 54.0 Å². The monoisotopic (exact) mass is 1090 g/mol. The molecule has 2 unspecified atom stereocenters. The maximum Gasteiger partial charge on any atom is 0.514 e. The van der Waals surface area contributed by atoms with Gasteiger partial charge in [0.2, 0.25) is 0 Å². The van der Waals surface area contributed by atoms with Crippen LogP contribution >= 0.6 is 0 Å². The lowest BCUT2D eigenvalue weighted by molar-refractivity contribution is -0.131. The summed E-state index contributed by atoms with van der Waals surface area (Å²) in [6, 6.07) is 46.6. The van der Waals surface area contributed by atoms with Gasteiger partial charge in [-0.2, -0.15) is 0 Å². The Morgan fingerprint density at radius 1 is 0.562 bits per heavy atom. The Balaban J connectivity index is 0.000000314. The van der Waals surface area contributed by atoms with Gasteiger partial charge >= 0.3 is 12.1 Å². The average molecular weight is 1090 g/mol. The van der Waals surface area contributed by atoms with Crippen LogP contribution in [0.3, 0.4) is 0 Å². The van der Waals surface area contributed by atoms with Crippen LogP contribution in [0.2, 0.25) is 32.7 Å². The van der Waals surface area contributed by atoms with Crippen LogP contribution in [-0.4, -0.2) is 106 Å². The van der Waals surface area contributed by atoms with Gasteiger partial charge in [0.15, 0.2) is 19.4 Å². The first-order chi connectivity index (χ1) is 35.1. The largest absolute Gasteiger partial charge is 0.514 e. The number of ether oxygens (including phenoxy) is 9. The lowest BCUT2D eigenvalue weighted by atomic mass is 10.2. The topological polar surface area (TPSA) is 117 Å². The first-order valence-corrected chi connectivity index (χ1v) is 38.3. The van der Waals surface area contributed by atoms with Gasteiger partial charge in [0.1, 0.15) is 34.3 Å². The third-order valence-electron chi connectivity index (χ3n) is 10.5. The van der Waals surface area contributed by atoms with Crippen molar-refractivity contribution in [1.29, 1.82) is 0 Å².